The molecule has 4 heteroatoms. The van der Waals surface area contributed by atoms with Crippen molar-refractivity contribution in [2.75, 3.05) is 0 Å². The van der Waals surface area contributed by atoms with Gasteiger partial charge in [-0.25, -0.2) is 9.97 Å². The van der Waals surface area contributed by atoms with Gasteiger partial charge in [-0.05, 0) is 109 Å². The molecule has 4 nitrogen and oxygen atoms in total. The van der Waals surface area contributed by atoms with Gasteiger partial charge in [0.15, 0.2) is 5.82 Å². The lowest BCUT2D eigenvalue weighted by Crippen LogP contribution is -2.07. The normalized spacial score (nSPS) is 13.7. The van der Waals surface area contributed by atoms with Crippen molar-refractivity contribution >= 4 is 44.9 Å². The summed E-state index contributed by atoms with van der Waals surface area (Å²) in [4.78, 5) is 10.6. The Bertz CT molecular complexity index is 3320. The smallest absolute Gasteiger partial charge is 0.160 e. The molecule has 0 amide bonds. The van der Waals surface area contributed by atoms with Crippen LogP contribution in [0.2, 0.25) is 0 Å². The van der Waals surface area contributed by atoms with E-state index >= 15 is 0 Å². The predicted molar refractivity (Wildman–Crippen MR) is 259 cm³/mol. The summed E-state index contributed by atoms with van der Waals surface area (Å²) < 4.78 is 4.82. The second-order valence-electron chi connectivity index (χ2n) is 16.5. The van der Waals surface area contributed by atoms with Crippen molar-refractivity contribution in [3.05, 3.63) is 227 Å². The summed E-state index contributed by atoms with van der Waals surface area (Å²) in [5, 5.41) is 3.66. The van der Waals surface area contributed by atoms with Gasteiger partial charge in [0, 0.05) is 56.7 Å². The van der Waals surface area contributed by atoms with Crippen molar-refractivity contribution in [2.24, 2.45) is 0 Å². The molecular weight excluding hydrogens is 753 g/mol. The molecular formula is C58H46N4. The highest BCUT2D eigenvalue weighted by molar-refractivity contribution is 5.95. The average Bonchev–Trinajstić information content (AvgIpc) is 3.82. The van der Waals surface area contributed by atoms with Crippen LogP contribution in [0.5, 0.6) is 0 Å². The summed E-state index contributed by atoms with van der Waals surface area (Å²) in [6, 6.07) is 63.3. The zero-order valence-electron chi connectivity index (χ0n) is 35.0. The molecule has 0 fully saturated rings. The number of hydrogen-bond donors (Lipinski definition) is 0. The van der Waals surface area contributed by atoms with E-state index in [2.05, 4.69) is 223 Å². The largest absolute Gasteiger partial charge is 0.310 e. The van der Waals surface area contributed by atoms with Gasteiger partial charge in [0.25, 0.3) is 0 Å². The fourth-order valence-electron chi connectivity index (χ4n) is 9.54. The van der Waals surface area contributed by atoms with Crippen LogP contribution in [0.25, 0.3) is 78.9 Å². The maximum atomic E-state index is 5.35. The van der Waals surface area contributed by atoms with E-state index in [1.807, 2.05) is 0 Å². The van der Waals surface area contributed by atoms with Crippen LogP contribution in [0, 0.1) is 6.92 Å². The van der Waals surface area contributed by atoms with Gasteiger partial charge in [-0.3, -0.25) is 0 Å². The number of rotatable bonds is 9. The number of benzene rings is 7. The van der Waals surface area contributed by atoms with Crippen LogP contribution >= 0.6 is 0 Å². The highest BCUT2D eigenvalue weighted by atomic mass is 15.0. The van der Waals surface area contributed by atoms with Crippen LogP contribution in [0.15, 0.2) is 188 Å². The van der Waals surface area contributed by atoms with Gasteiger partial charge in [0.2, 0.25) is 0 Å². The quantitative estimate of drug-likeness (QED) is 0.146. The zero-order valence-corrected chi connectivity index (χ0v) is 35.0. The van der Waals surface area contributed by atoms with Crippen molar-refractivity contribution in [2.45, 2.75) is 39.0 Å². The molecule has 3 aromatic heterocycles. The van der Waals surface area contributed by atoms with Crippen molar-refractivity contribution < 1.29 is 0 Å². The van der Waals surface area contributed by atoms with Crippen molar-refractivity contribution in [1.29, 1.82) is 0 Å². The first-order valence-corrected chi connectivity index (χ1v) is 21.8. The van der Waals surface area contributed by atoms with Crippen molar-refractivity contribution in [3.8, 4) is 34.0 Å². The number of aryl methyl sites for hydroxylation is 1. The molecule has 0 saturated carbocycles. The first-order chi connectivity index (χ1) is 30.6. The molecule has 0 N–H and O–H groups in total. The van der Waals surface area contributed by atoms with E-state index in [4.69, 9.17) is 9.97 Å². The third-order valence-corrected chi connectivity index (χ3v) is 12.5. The van der Waals surface area contributed by atoms with Gasteiger partial charge >= 0.3 is 0 Å². The Kier molecular flexibility index (Phi) is 9.54. The molecule has 1 atom stereocenters. The molecule has 1 aliphatic carbocycles. The molecule has 3 heterocycles. The number of aromatic nitrogens is 4. The Morgan fingerprint density at radius 3 is 2.06 bits per heavy atom. The summed E-state index contributed by atoms with van der Waals surface area (Å²) in [5.41, 5.74) is 17.8. The number of allylic oxidation sites excluding steroid dienone is 2. The fraction of sp³-hybridized carbons (Fsp3) is 0.103. The Hall–Kier alpha value is -7.56. The predicted octanol–water partition coefficient (Wildman–Crippen LogP) is 14.5. The molecule has 0 radical (unpaired) electrons. The van der Waals surface area contributed by atoms with E-state index in [1.54, 1.807) is 0 Å². The highest BCUT2D eigenvalue weighted by Crippen LogP contribution is 2.40. The Morgan fingerprint density at radius 2 is 1.31 bits per heavy atom. The minimum Gasteiger partial charge on any atom is -0.310 e. The zero-order chi connectivity index (χ0) is 41.6. The molecule has 0 aliphatic heterocycles. The Balaban J connectivity index is 0.957. The van der Waals surface area contributed by atoms with Crippen molar-refractivity contribution in [1.82, 2.24) is 19.1 Å². The van der Waals surface area contributed by atoms with E-state index in [9.17, 15) is 0 Å². The van der Waals surface area contributed by atoms with Crippen LogP contribution < -0.4 is 0 Å². The summed E-state index contributed by atoms with van der Waals surface area (Å²) in [6.07, 6.45) is 12.0. The average molecular weight is 799 g/mol. The first kappa shape index (κ1) is 37.4. The second kappa shape index (κ2) is 15.8. The van der Waals surface area contributed by atoms with Crippen LogP contribution in [0.1, 0.15) is 58.5 Å². The van der Waals surface area contributed by atoms with Crippen LogP contribution in [0.4, 0.5) is 0 Å². The topological polar surface area (TPSA) is 35.6 Å². The number of para-hydroxylation sites is 3. The van der Waals surface area contributed by atoms with Gasteiger partial charge in [0.05, 0.1) is 27.9 Å². The molecule has 1 unspecified atom stereocenters. The minimum absolute atomic E-state index is 0.269. The molecule has 7 aromatic carbocycles. The summed E-state index contributed by atoms with van der Waals surface area (Å²) >= 11 is 0. The number of hydrogen-bond acceptors (Lipinski definition) is 2. The minimum atomic E-state index is 0.269. The lowest BCUT2D eigenvalue weighted by atomic mass is 9.86. The molecule has 1 aliphatic rings. The standard InChI is InChI=1S/C58H46N4/c1-3-4-23-54-49(48-35-39(2)25-33-55(48)62(54)46-20-12-7-13-21-46)36-40-26-32-52-51(37-40)57(42-16-8-5-9-17-42)60-58(59-52)43-29-27-41(28-30-43)44-31-34-56-50(38-44)47-22-14-15-24-53(47)61(56)45-18-10-6-11-19-45/h4-35,37,44H,3,36,38H2,1-2H3/b23-4-. The second-order valence-corrected chi connectivity index (χ2v) is 16.5. The number of fused-ring (bicyclic) bond motifs is 5. The number of nitrogens with zero attached hydrogens (tertiary/aromatic N) is 4. The monoisotopic (exact) mass is 798 g/mol. The molecule has 10 aromatic rings. The van der Waals surface area contributed by atoms with E-state index in [0.29, 0.717) is 0 Å². The SMILES string of the molecule is CC/C=C\c1c(Cc2ccc3nc(-c4ccc(C5C=Cc6c(c7ccccc7n6-c6ccccc6)C5)cc4)nc(-c4ccccc4)c3c2)c2cc(C)ccc2n1-c1ccccc1. The van der Waals surface area contributed by atoms with Crippen molar-refractivity contribution in [3.63, 3.8) is 0 Å². The van der Waals surface area contributed by atoms with Gasteiger partial charge in [-0.1, -0.05) is 146 Å². The Labute approximate surface area is 362 Å². The van der Waals surface area contributed by atoms with E-state index in [-0.39, 0.29) is 5.92 Å². The van der Waals surface area contributed by atoms with Gasteiger partial charge in [-0.2, -0.15) is 0 Å². The Morgan fingerprint density at radius 1 is 0.613 bits per heavy atom. The lowest BCUT2D eigenvalue weighted by Gasteiger charge is -2.20. The van der Waals surface area contributed by atoms with E-state index in [1.165, 1.54) is 72.4 Å². The van der Waals surface area contributed by atoms with Crippen LogP contribution in [-0.4, -0.2) is 19.1 Å². The lowest BCUT2D eigenvalue weighted by molar-refractivity contribution is 0.825. The van der Waals surface area contributed by atoms with Gasteiger partial charge < -0.3 is 9.13 Å². The van der Waals surface area contributed by atoms with E-state index < -0.39 is 0 Å². The van der Waals surface area contributed by atoms with Gasteiger partial charge in [0.1, 0.15) is 0 Å². The molecule has 298 valence electrons. The summed E-state index contributed by atoms with van der Waals surface area (Å²) in [5.74, 6) is 1.00. The van der Waals surface area contributed by atoms with E-state index in [0.717, 1.165) is 52.8 Å². The maximum absolute atomic E-state index is 5.35. The fourth-order valence-corrected chi connectivity index (χ4v) is 9.54. The molecule has 0 spiro atoms. The molecule has 0 saturated heterocycles. The summed E-state index contributed by atoms with van der Waals surface area (Å²) in [6.45, 7) is 4.38. The highest BCUT2D eigenvalue weighted by Gasteiger charge is 2.24. The molecule has 62 heavy (non-hydrogen) atoms. The summed E-state index contributed by atoms with van der Waals surface area (Å²) in [7, 11) is 0. The van der Waals surface area contributed by atoms with Crippen LogP contribution in [0.3, 0.4) is 0 Å². The maximum Gasteiger partial charge on any atom is 0.160 e. The third kappa shape index (κ3) is 6.65. The third-order valence-electron chi connectivity index (χ3n) is 12.5. The van der Waals surface area contributed by atoms with Crippen LogP contribution in [-0.2, 0) is 12.8 Å². The van der Waals surface area contributed by atoms with Gasteiger partial charge in [-0.15, -0.1) is 0 Å². The first-order valence-electron chi connectivity index (χ1n) is 21.8. The molecule has 11 rings (SSSR count). The molecule has 0 bridgehead atoms.